The van der Waals surface area contributed by atoms with Gasteiger partial charge in [0.15, 0.2) is 0 Å². The highest BCUT2D eigenvalue weighted by atomic mass is 16.2. The Morgan fingerprint density at radius 1 is 1.41 bits per heavy atom. The quantitative estimate of drug-likeness (QED) is 0.837. The summed E-state index contributed by atoms with van der Waals surface area (Å²) in [4.78, 5) is 12.2. The summed E-state index contributed by atoms with van der Waals surface area (Å²) >= 11 is 0. The maximum Gasteiger partial charge on any atom is 0.240 e. The molecule has 1 fully saturated rings. The van der Waals surface area contributed by atoms with Gasteiger partial charge in [0.1, 0.15) is 0 Å². The summed E-state index contributed by atoms with van der Waals surface area (Å²) in [5, 5.41) is 6.35. The van der Waals surface area contributed by atoms with Crippen molar-refractivity contribution in [1.82, 2.24) is 10.6 Å². The molecule has 2 atom stereocenters. The number of amides is 1. The molecule has 1 aromatic rings. The molecular formula is C14H20N2O. The number of rotatable bonds is 3. The molecule has 0 radical (unpaired) electrons. The molecule has 1 aromatic carbocycles. The van der Waals surface area contributed by atoms with E-state index in [4.69, 9.17) is 0 Å². The van der Waals surface area contributed by atoms with Crippen molar-refractivity contribution in [2.45, 2.75) is 38.3 Å². The molecular weight excluding hydrogens is 212 g/mol. The summed E-state index contributed by atoms with van der Waals surface area (Å²) < 4.78 is 0. The van der Waals surface area contributed by atoms with Crippen LogP contribution in [0.25, 0.3) is 0 Å². The van der Waals surface area contributed by atoms with Gasteiger partial charge in [-0.2, -0.15) is 0 Å². The molecule has 2 N–H and O–H groups in total. The third-order valence-electron chi connectivity index (χ3n) is 3.52. The second-order valence-electron chi connectivity index (χ2n) is 4.97. The fourth-order valence-electron chi connectivity index (χ4n) is 2.27. The number of benzene rings is 1. The van der Waals surface area contributed by atoms with Crippen molar-refractivity contribution < 1.29 is 4.79 Å². The lowest BCUT2D eigenvalue weighted by Gasteiger charge is -2.25. The molecule has 0 aromatic heterocycles. The summed E-state index contributed by atoms with van der Waals surface area (Å²) in [6.07, 6.45) is 1.99. The first-order valence-electron chi connectivity index (χ1n) is 6.23. The largest absolute Gasteiger partial charge is 0.348 e. The van der Waals surface area contributed by atoms with Gasteiger partial charge in [0.25, 0.3) is 0 Å². The zero-order chi connectivity index (χ0) is 12.3. The van der Waals surface area contributed by atoms with E-state index in [-0.39, 0.29) is 17.5 Å². The maximum absolute atomic E-state index is 12.2. The fraction of sp³-hybridized carbons (Fsp3) is 0.500. The smallest absolute Gasteiger partial charge is 0.240 e. The molecule has 92 valence electrons. The van der Waals surface area contributed by atoms with E-state index in [2.05, 4.69) is 10.6 Å². The van der Waals surface area contributed by atoms with Gasteiger partial charge in [0.2, 0.25) is 5.91 Å². The van der Waals surface area contributed by atoms with E-state index >= 15 is 0 Å². The van der Waals surface area contributed by atoms with Crippen LogP contribution in [0.1, 0.15) is 38.3 Å². The highest BCUT2D eigenvalue weighted by molar-refractivity contribution is 5.86. The standard InChI is InChI=1S/C14H20N2O/c1-11(12-7-4-3-5-8-12)16-13(17)14(2)9-6-10-15-14/h3-5,7-8,11,15H,6,9-10H2,1-2H3,(H,16,17)/t11-,14?/m0/s1. The Morgan fingerprint density at radius 2 is 2.12 bits per heavy atom. The van der Waals surface area contributed by atoms with E-state index in [9.17, 15) is 4.79 Å². The van der Waals surface area contributed by atoms with Crippen LogP contribution in [0.4, 0.5) is 0 Å². The minimum Gasteiger partial charge on any atom is -0.348 e. The highest BCUT2D eigenvalue weighted by Crippen LogP contribution is 2.20. The number of hydrogen-bond donors (Lipinski definition) is 2. The van der Waals surface area contributed by atoms with E-state index < -0.39 is 0 Å². The van der Waals surface area contributed by atoms with Crippen molar-refractivity contribution in [3.8, 4) is 0 Å². The lowest BCUT2D eigenvalue weighted by Crippen LogP contribution is -2.51. The van der Waals surface area contributed by atoms with Crippen LogP contribution >= 0.6 is 0 Å². The first-order valence-corrected chi connectivity index (χ1v) is 6.23. The van der Waals surface area contributed by atoms with Crippen molar-refractivity contribution in [2.24, 2.45) is 0 Å². The minimum absolute atomic E-state index is 0.0583. The third kappa shape index (κ3) is 2.67. The van der Waals surface area contributed by atoms with Gasteiger partial charge in [-0.1, -0.05) is 30.3 Å². The normalized spacial score (nSPS) is 25.5. The number of nitrogens with one attached hydrogen (secondary N) is 2. The Hall–Kier alpha value is -1.35. The molecule has 3 nitrogen and oxygen atoms in total. The van der Waals surface area contributed by atoms with Crippen LogP contribution in [0.2, 0.25) is 0 Å². The first kappa shape index (κ1) is 12.1. The Balaban J connectivity index is 1.99. The van der Waals surface area contributed by atoms with Crippen molar-refractivity contribution in [3.63, 3.8) is 0 Å². The van der Waals surface area contributed by atoms with E-state index in [0.29, 0.717) is 0 Å². The van der Waals surface area contributed by atoms with E-state index in [0.717, 1.165) is 24.9 Å². The molecule has 1 heterocycles. The second-order valence-corrected chi connectivity index (χ2v) is 4.97. The van der Waals surface area contributed by atoms with Crippen molar-refractivity contribution in [2.75, 3.05) is 6.54 Å². The minimum atomic E-state index is -0.386. The average molecular weight is 232 g/mol. The highest BCUT2D eigenvalue weighted by Gasteiger charge is 2.36. The van der Waals surface area contributed by atoms with Crippen LogP contribution in [-0.2, 0) is 4.79 Å². The topological polar surface area (TPSA) is 41.1 Å². The number of carbonyl (C=O) groups is 1. The Morgan fingerprint density at radius 3 is 2.71 bits per heavy atom. The molecule has 1 saturated heterocycles. The molecule has 1 aliphatic rings. The molecule has 1 aliphatic heterocycles. The average Bonchev–Trinajstić information content (AvgIpc) is 2.78. The summed E-state index contributed by atoms with van der Waals surface area (Å²) in [6.45, 7) is 4.93. The van der Waals surface area contributed by atoms with Gasteiger partial charge >= 0.3 is 0 Å². The summed E-state index contributed by atoms with van der Waals surface area (Å²) in [7, 11) is 0. The van der Waals surface area contributed by atoms with Gasteiger partial charge in [0.05, 0.1) is 11.6 Å². The van der Waals surface area contributed by atoms with Crippen LogP contribution in [-0.4, -0.2) is 18.0 Å². The van der Waals surface area contributed by atoms with Gasteiger partial charge in [-0.3, -0.25) is 4.79 Å². The lowest BCUT2D eigenvalue weighted by molar-refractivity contribution is -0.127. The van der Waals surface area contributed by atoms with Crippen LogP contribution in [0, 0.1) is 0 Å². The van der Waals surface area contributed by atoms with Gasteiger partial charge in [-0.05, 0) is 38.8 Å². The fourth-order valence-corrected chi connectivity index (χ4v) is 2.27. The molecule has 17 heavy (non-hydrogen) atoms. The van der Waals surface area contributed by atoms with Crippen molar-refractivity contribution in [1.29, 1.82) is 0 Å². The van der Waals surface area contributed by atoms with Crippen molar-refractivity contribution in [3.05, 3.63) is 35.9 Å². The molecule has 2 rings (SSSR count). The van der Waals surface area contributed by atoms with E-state index in [1.165, 1.54) is 0 Å². The SMILES string of the molecule is C[C@H](NC(=O)C1(C)CCCN1)c1ccccc1. The molecule has 0 aliphatic carbocycles. The van der Waals surface area contributed by atoms with Crippen LogP contribution < -0.4 is 10.6 Å². The first-order chi connectivity index (χ1) is 8.12. The lowest BCUT2D eigenvalue weighted by atomic mass is 9.98. The number of carbonyl (C=O) groups excluding carboxylic acids is 1. The van der Waals surface area contributed by atoms with Gasteiger partial charge in [-0.15, -0.1) is 0 Å². The Bertz CT molecular complexity index is 382. The molecule has 0 spiro atoms. The van der Waals surface area contributed by atoms with Crippen molar-refractivity contribution >= 4 is 5.91 Å². The van der Waals surface area contributed by atoms with Crippen LogP contribution in [0.5, 0.6) is 0 Å². The zero-order valence-electron chi connectivity index (χ0n) is 10.5. The molecule has 0 saturated carbocycles. The maximum atomic E-state index is 12.2. The molecule has 3 heteroatoms. The number of hydrogen-bond acceptors (Lipinski definition) is 2. The predicted octanol–water partition coefficient (Wildman–Crippen LogP) is 2.01. The molecule has 0 bridgehead atoms. The van der Waals surface area contributed by atoms with Crippen LogP contribution in [0.15, 0.2) is 30.3 Å². The Kier molecular flexibility index (Phi) is 3.48. The molecule has 1 unspecified atom stereocenters. The monoisotopic (exact) mass is 232 g/mol. The summed E-state index contributed by atoms with van der Waals surface area (Å²) in [5.74, 6) is 0.103. The second kappa shape index (κ2) is 4.88. The van der Waals surface area contributed by atoms with Gasteiger partial charge in [0, 0.05) is 0 Å². The van der Waals surface area contributed by atoms with Gasteiger partial charge < -0.3 is 10.6 Å². The van der Waals surface area contributed by atoms with E-state index in [1.807, 2.05) is 44.2 Å². The summed E-state index contributed by atoms with van der Waals surface area (Å²) in [6, 6.07) is 10.1. The third-order valence-corrected chi connectivity index (χ3v) is 3.52. The Labute approximate surface area is 103 Å². The van der Waals surface area contributed by atoms with Gasteiger partial charge in [-0.25, -0.2) is 0 Å². The predicted molar refractivity (Wildman–Crippen MR) is 68.6 cm³/mol. The molecule has 1 amide bonds. The summed E-state index contributed by atoms with van der Waals surface area (Å²) in [5.41, 5.74) is 0.755. The van der Waals surface area contributed by atoms with Crippen LogP contribution in [0.3, 0.4) is 0 Å². The zero-order valence-corrected chi connectivity index (χ0v) is 10.5. The van der Waals surface area contributed by atoms with E-state index in [1.54, 1.807) is 0 Å².